The van der Waals surface area contributed by atoms with Gasteiger partial charge in [-0.3, -0.25) is 9.59 Å². The first-order chi connectivity index (χ1) is 14.0. The van der Waals surface area contributed by atoms with E-state index in [1.807, 2.05) is 72.8 Å². The number of nitrogens with zero attached hydrogens (tertiary/aromatic N) is 1. The van der Waals surface area contributed by atoms with Crippen LogP contribution in [0.1, 0.15) is 27.9 Å². The van der Waals surface area contributed by atoms with Crippen molar-refractivity contribution in [1.82, 2.24) is 0 Å². The lowest BCUT2D eigenvalue weighted by atomic mass is 10.0. The molecule has 3 aromatic rings. The van der Waals surface area contributed by atoms with Gasteiger partial charge in [0.05, 0.1) is 6.42 Å². The summed E-state index contributed by atoms with van der Waals surface area (Å²) in [7, 11) is 0. The summed E-state index contributed by atoms with van der Waals surface area (Å²) >= 11 is 0. The van der Waals surface area contributed by atoms with Crippen molar-refractivity contribution in [2.75, 3.05) is 4.90 Å². The number of carboxylic acids is 1. The van der Waals surface area contributed by atoms with Gasteiger partial charge in [0.1, 0.15) is 0 Å². The van der Waals surface area contributed by atoms with Crippen molar-refractivity contribution in [2.24, 2.45) is 0 Å². The third kappa shape index (κ3) is 5.39. The first kappa shape index (κ1) is 20.0. The van der Waals surface area contributed by atoms with Crippen LogP contribution >= 0.6 is 0 Å². The molecule has 5 heteroatoms. The molecule has 0 saturated carbocycles. The fourth-order valence-electron chi connectivity index (χ4n) is 3.14. The Balaban J connectivity index is 1.95. The van der Waals surface area contributed by atoms with E-state index in [-0.39, 0.29) is 0 Å². The third-order valence-corrected chi connectivity index (χ3v) is 4.54. The maximum Gasteiger partial charge on any atom is 0.372 e. The fraction of sp³-hybridized carbons (Fsp3) is 0.125. The van der Waals surface area contributed by atoms with E-state index in [0.717, 1.165) is 11.1 Å². The smallest absolute Gasteiger partial charge is 0.372 e. The molecule has 3 rings (SSSR count). The molecule has 0 aliphatic carbocycles. The largest absolute Gasteiger partial charge is 0.475 e. The number of Topliss-reactive ketones (excluding diaryl/α,β-unsaturated/α-hetero) is 2. The third-order valence-electron chi connectivity index (χ3n) is 4.54. The molecule has 5 nitrogen and oxygen atoms in total. The highest BCUT2D eigenvalue weighted by atomic mass is 16.4. The van der Waals surface area contributed by atoms with E-state index in [2.05, 4.69) is 4.90 Å². The van der Waals surface area contributed by atoms with Crippen LogP contribution < -0.4 is 4.90 Å². The minimum Gasteiger partial charge on any atom is -0.475 e. The molecule has 0 atom stereocenters. The highest BCUT2D eigenvalue weighted by Gasteiger charge is 2.22. The number of carbonyl (C=O) groups is 3. The van der Waals surface area contributed by atoms with Crippen LogP contribution in [0.25, 0.3) is 0 Å². The number of hydrogen-bond donors (Lipinski definition) is 1. The number of aliphatic carboxylic acids is 1. The highest BCUT2D eigenvalue weighted by molar-refractivity contribution is 6.37. The molecule has 0 aromatic heterocycles. The zero-order chi connectivity index (χ0) is 20.6. The number of carbonyl (C=O) groups excluding carboxylic acids is 2. The number of ketones is 2. The van der Waals surface area contributed by atoms with Gasteiger partial charge >= 0.3 is 5.97 Å². The minimum absolute atomic E-state index is 0.342. The van der Waals surface area contributed by atoms with Crippen LogP contribution in [-0.2, 0) is 22.7 Å². The molecule has 0 heterocycles. The van der Waals surface area contributed by atoms with Crippen molar-refractivity contribution in [3.05, 3.63) is 102 Å². The average molecular weight is 387 g/mol. The lowest BCUT2D eigenvalue weighted by molar-refractivity contribution is -0.148. The molecule has 0 unspecified atom stereocenters. The molecule has 146 valence electrons. The standard InChI is InChI=1S/C24H21NO4/c26-22(15-23(27)24(28)29)20-13-7-8-14-21(20)25(16-18-9-3-1-4-10-18)17-19-11-5-2-6-12-19/h1-14H,15-17H2,(H,28,29). The van der Waals surface area contributed by atoms with E-state index >= 15 is 0 Å². The number of benzene rings is 3. The molecule has 0 spiro atoms. The number of anilines is 1. The molecule has 0 aliphatic rings. The molecule has 0 saturated heterocycles. The Kier molecular flexibility index (Phi) is 6.53. The molecule has 3 aromatic carbocycles. The predicted octanol–water partition coefficient (Wildman–Crippen LogP) is 4.12. The van der Waals surface area contributed by atoms with Crippen LogP contribution in [0.15, 0.2) is 84.9 Å². The van der Waals surface area contributed by atoms with Crippen molar-refractivity contribution in [2.45, 2.75) is 19.5 Å². The van der Waals surface area contributed by atoms with Crippen LogP contribution in [0, 0.1) is 0 Å². The molecule has 0 amide bonds. The van der Waals surface area contributed by atoms with E-state index in [0.29, 0.717) is 24.3 Å². The summed E-state index contributed by atoms with van der Waals surface area (Å²) in [4.78, 5) is 37.1. The molecule has 0 aliphatic heterocycles. The molecular weight excluding hydrogens is 366 g/mol. The van der Waals surface area contributed by atoms with Gasteiger partial charge in [0.15, 0.2) is 5.78 Å². The average Bonchev–Trinajstić information content (AvgIpc) is 2.74. The van der Waals surface area contributed by atoms with Gasteiger partial charge in [-0.2, -0.15) is 0 Å². The second-order valence-electron chi connectivity index (χ2n) is 6.67. The van der Waals surface area contributed by atoms with E-state index < -0.39 is 24.0 Å². The van der Waals surface area contributed by atoms with Gasteiger partial charge in [-0.15, -0.1) is 0 Å². The summed E-state index contributed by atoms with van der Waals surface area (Å²) in [6, 6.07) is 26.8. The zero-order valence-electron chi connectivity index (χ0n) is 15.8. The van der Waals surface area contributed by atoms with Crippen LogP contribution in [0.5, 0.6) is 0 Å². The van der Waals surface area contributed by atoms with Crippen molar-refractivity contribution in [1.29, 1.82) is 0 Å². The predicted molar refractivity (Wildman–Crippen MR) is 111 cm³/mol. The van der Waals surface area contributed by atoms with Crippen molar-refractivity contribution < 1.29 is 19.5 Å². The van der Waals surface area contributed by atoms with Crippen LogP contribution in [0.4, 0.5) is 5.69 Å². The van der Waals surface area contributed by atoms with Gasteiger partial charge in [-0.05, 0) is 23.3 Å². The Bertz CT molecular complexity index is 958. The SMILES string of the molecule is O=C(O)C(=O)CC(=O)c1ccccc1N(Cc1ccccc1)Cc1ccccc1. The Morgan fingerprint density at radius 2 is 1.17 bits per heavy atom. The van der Waals surface area contributed by atoms with E-state index in [4.69, 9.17) is 5.11 Å². The van der Waals surface area contributed by atoms with Crippen LogP contribution in [0.2, 0.25) is 0 Å². The first-order valence-electron chi connectivity index (χ1n) is 9.25. The van der Waals surface area contributed by atoms with Crippen LogP contribution in [0.3, 0.4) is 0 Å². The second-order valence-corrected chi connectivity index (χ2v) is 6.67. The van der Waals surface area contributed by atoms with E-state index in [9.17, 15) is 14.4 Å². The second kappa shape index (κ2) is 9.46. The maximum atomic E-state index is 12.7. The van der Waals surface area contributed by atoms with Gasteiger partial charge in [0.2, 0.25) is 5.78 Å². The maximum absolute atomic E-state index is 12.7. The molecule has 1 N–H and O–H groups in total. The Morgan fingerprint density at radius 1 is 0.690 bits per heavy atom. The van der Waals surface area contributed by atoms with Gasteiger partial charge in [-0.25, -0.2) is 4.79 Å². The van der Waals surface area contributed by atoms with Crippen LogP contribution in [-0.4, -0.2) is 22.6 Å². The van der Waals surface area contributed by atoms with E-state index in [1.165, 1.54) is 0 Å². The summed E-state index contributed by atoms with van der Waals surface area (Å²) in [6.07, 6.45) is -0.656. The summed E-state index contributed by atoms with van der Waals surface area (Å²) < 4.78 is 0. The topological polar surface area (TPSA) is 74.7 Å². The number of carboxylic acid groups (broad SMARTS) is 1. The van der Waals surface area contributed by atoms with E-state index in [1.54, 1.807) is 12.1 Å². The van der Waals surface area contributed by atoms with Crippen molar-refractivity contribution in [3.63, 3.8) is 0 Å². The molecule has 0 radical (unpaired) electrons. The highest BCUT2D eigenvalue weighted by Crippen LogP contribution is 2.26. The van der Waals surface area contributed by atoms with Gasteiger partial charge < -0.3 is 10.0 Å². The Morgan fingerprint density at radius 3 is 1.69 bits per heavy atom. The summed E-state index contributed by atoms with van der Waals surface area (Å²) in [5.74, 6) is -3.21. The Hall–Kier alpha value is -3.73. The van der Waals surface area contributed by atoms with Crippen molar-refractivity contribution in [3.8, 4) is 0 Å². The lowest BCUT2D eigenvalue weighted by Crippen LogP contribution is -2.25. The summed E-state index contributed by atoms with van der Waals surface area (Å²) in [5, 5.41) is 8.83. The quantitative estimate of drug-likeness (QED) is 0.340. The first-order valence-corrected chi connectivity index (χ1v) is 9.25. The fourth-order valence-corrected chi connectivity index (χ4v) is 3.14. The summed E-state index contributed by atoms with van der Waals surface area (Å²) in [6.45, 7) is 1.12. The minimum atomic E-state index is -1.60. The normalized spacial score (nSPS) is 10.3. The number of para-hydroxylation sites is 1. The Labute approximate surface area is 169 Å². The number of hydrogen-bond acceptors (Lipinski definition) is 4. The number of rotatable bonds is 9. The zero-order valence-corrected chi connectivity index (χ0v) is 15.8. The molecule has 0 bridgehead atoms. The molecule has 29 heavy (non-hydrogen) atoms. The monoisotopic (exact) mass is 387 g/mol. The molecule has 0 fully saturated rings. The summed E-state index contributed by atoms with van der Waals surface area (Å²) in [5.41, 5.74) is 3.16. The van der Waals surface area contributed by atoms with Gasteiger partial charge in [-0.1, -0.05) is 72.8 Å². The van der Waals surface area contributed by atoms with Gasteiger partial charge in [0.25, 0.3) is 0 Å². The molecular formula is C24H21NO4. The lowest BCUT2D eigenvalue weighted by Gasteiger charge is -2.27. The van der Waals surface area contributed by atoms with Gasteiger partial charge in [0, 0.05) is 24.3 Å². The van der Waals surface area contributed by atoms with Crippen molar-refractivity contribution >= 4 is 23.2 Å².